The Morgan fingerprint density at radius 1 is 1.08 bits per heavy atom. The standard InChI is InChI=1S/C20H25N3O/c1-15-6-5-12-22(13-11-15)20(24)19-14-18(16-9-10-16)21-23(19)17-7-3-2-4-8-17/h2-4,7-8,14-16H,5-6,9-13H2,1H3/t15-/m1/s1. The SMILES string of the molecule is C[C@@H]1CCCN(C(=O)c2cc(C3CC3)nn2-c2ccccc2)CC1. The van der Waals surface area contributed by atoms with E-state index in [9.17, 15) is 4.79 Å². The quantitative estimate of drug-likeness (QED) is 0.856. The average molecular weight is 323 g/mol. The van der Waals surface area contributed by atoms with Gasteiger partial charge in [-0.2, -0.15) is 5.10 Å². The third kappa shape index (κ3) is 3.10. The summed E-state index contributed by atoms with van der Waals surface area (Å²) in [6.45, 7) is 4.01. The second kappa shape index (κ2) is 6.42. The lowest BCUT2D eigenvalue weighted by Crippen LogP contribution is -2.33. The summed E-state index contributed by atoms with van der Waals surface area (Å²) in [7, 11) is 0. The minimum absolute atomic E-state index is 0.132. The van der Waals surface area contributed by atoms with Gasteiger partial charge in [0.25, 0.3) is 5.91 Å². The summed E-state index contributed by atoms with van der Waals surface area (Å²) in [5, 5.41) is 4.77. The second-order valence-electron chi connectivity index (χ2n) is 7.30. The van der Waals surface area contributed by atoms with Crippen molar-refractivity contribution in [3.8, 4) is 5.69 Å². The lowest BCUT2D eigenvalue weighted by atomic mass is 10.0. The summed E-state index contributed by atoms with van der Waals surface area (Å²) in [6.07, 6.45) is 5.80. The molecule has 1 aromatic carbocycles. The first kappa shape index (κ1) is 15.4. The van der Waals surface area contributed by atoms with Crippen molar-refractivity contribution in [3.63, 3.8) is 0 Å². The van der Waals surface area contributed by atoms with Crippen LogP contribution in [0.1, 0.15) is 61.1 Å². The number of carbonyl (C=O) groups is 1. The lowest BCUT2D eigenvalue weighted by Gasteiger charge is -2.20. The van der Waals surface area contributed by atoms with Crippen molar-refractivity contribution < 1.29 is 4.79 Å². The zero-order valence-corrected chi connectivity index (χ0v) is 14.3. The van der Waals surface area contributed by atoms with Crippen molar-refractivity contribution in [1.82, 2.24) is 14.7 Å². The first-order valence-electron chi connectivity index (χ1n) is 9.17. The molecule has 0 spiro atoms. The van der Waals surface area contributed by atoms with E-state index in [2.05, 4.69) is 6.92 Å². The maximum absolute atomic E-state index is 13.2. The van der Waals surface area contributed by atoms with Gasteiger partial charge in [-0.15, -0.1) is 0 Å². The molecule has 24 heavy (non-hydrogen) atoms. The maximum atomic E-state index is 13.2. The molecule has 1 amide bonds. The molecule has 126 valence electrons. The van der Waals surface area contributed by atoms with E-state index in [1.54, 1.807) is 0 Å². The van der Waals surface area contributed by atoms with Gasteiger partial charge in [0.1, 0.15) is 5.69 Å². The number of rotatable bonds is 3. The van der Waals surface area contributed by atoms with E-state index < -0.39 is 0 Å². The van der Waals surface area contributed by atoms with Gasteiger partial charge in [-0.1, -0.05) is 25.1 Å². The van der Waals surface area contributed by atoms with Crippen LogP contribution in [0.3, 0.4) is 0 Å². The summed E-state index contributed by atoms with van der Waals surface area (Å²) in [6, 6.07) is 12.1. The van der Waals surface area contributed by atoms with Gasteiger partial charge in [-0.25, -0.2) is 4.68 Å². The summed E-state index contributed by atoms with van der Waals surface area (Å²) >= 11 is 0. The average Bonchev–Trinajstić information content (AvgIpc) is 3.39. The number of carbonyl (C=O) groups excluding carboxylic acids is 1. The molecule has 0 N–H and O–H groups in total. The molecule has 1 aliphatic carbocycles. The monoisotopic (exact) mass is 323 g/mol. The van der Waals surface area contributed by atoms with E-state index in [1.807, 2.05) is 46.0 Å². The third-order valence-corrected chi connectivity index (χ3v) is 5.25. The Hall–Kier alpha value is -2.10. The normalized spacial score (nSPS) is 21.5. The van der Waals surface area contributed by atoms with Crippen molar-refractivity contribution in [2.75, 3.05) is 13.1 Å². The highest BCUT2D eigenvalue weighted by Crippen LogP contribution is 2.40. The van der Waals surface area contributed by atoms with Crippen LogP contribution in [0.15, 0.2) is 36.4 Å². The van der Waals surface area contributed by atoms with E-state index in [4.69, 9.17) is 5.10 Å². The van der Waals surface area contributed by atoms with Crippen LogP contribution in [0.2, 0.25) is 0 Å². The molecule has 4 heteroatoms. The largest absolute Gasteiger partial charge is 0.337 e. The van der Waals surface area contributed by atoms with E-state index in [0.717, 1.165) is 43.0 Å². The predicted octanol–water partition coefficient (Wildman–Crippen LogP) is 4.01. The molecule has 1 aromatic heterocycles. The molecule has 0 unspecified atom stereocenters. The molecule has 2 aromatic rings. The van der Waals surface area contributed by atoms with Gasteiger partial charge in [0.2, 0.25) is 0 Å². The van der Waals surface area contributed by atoms with Crippen molar-refractivity contribution in [2.45, 2.75) is 44.9 Å². The first-order valence-corrected chi connectivity index (χ1v) is 9.17. The van der Waals surface area contributed by atoms with Crippen LogP contribution in [0, 0.1) is 5.92 Å². The van der Waals surface area contributed by atoms with Gasteiger partial charge < -0.3 is 4.90 Å². The molecule has 0 bridgehead atoms. The van der Waals surface area contributed by atoms with Gasteiger partial charge in [0.05, 0.1) is 11.4 Å². The number of aromatic nitrogens is 2. The van der Waals surface area contributed by atoms with Gasteiger partial charge in [0, 0.05) is 19.0 Å². The van der Waals surface area contributed by atoms with Crippen molar-refractivity contribution in [1.29, 1.82) is 0 Å². The molecule has 2 aliphatic rings. The molecule has 1 atom stereocenters. The molecule has 4 nitrogen and oxygen atoms in total. The first-order chi connectivity index (χ1) is 11.7. The molecule has 0 radical (unpaired) electrons. The van der Waals surface area contributed by atoms with E-state index in [0.29, 0.717) is 11.8 Å². The molecule has 1 saturated heterocycles. The Labute approximate surface area is 143 Å². The van der Waals surface area contributed by atoms with Crippen LogP contribution in [0.5, 0.6) is 0 Å². The van der Waals surface area contributed by atoms with Crippen LogP contribution in [-0.2, 0) is 0 Å². The van der Waals surface area contributed by atoms with Gasteiger partial charge in [-0.3, -0.25) is 4.79 Å². The van der Waals surface area contributed by atoms with Crippen LogP contribution in [0.4, 0.5) is 0 Å². The van der Waals surface area contributed by atoms with Crippen molar-refractivity contribution in [2.24, 2.45) is 5.92 Å². The van der Waals surface area contributed by atoms with Crippen LogP contribution in [-0.4, -0.2) is 33.7 Å². The summed E-state index contributed by atoms with van der Waals surface area (Å²) < 4.78 is 1.85. The molecular weight excluding hydrogens is 298 g/mol. The minimum atomic E-state index is 0.132. The number of likely N-dealkylation sites (tertiary alicyclic amines) is 1. The molecule has 2 heterocycles. The summed E-state index contributed by atoms with van der Waals surface area (Å²) in [5.41, 5.74) is 2.76. The van der Waals surface area contributed by atoms with Crippen molar-refractivity contribution in [3.05, 3.63) is 47.8 Å². The Balaban J connectivity index is 1.67. The fourth-order valence-electron chi connectivity index (χ4n) is 3.52. The van der Waals surface area contributed by atoms with Crippen LogP contribution in [0.25, 0.3) is 5.69 Å². The number of hydrogen-bond donors (Lipinski definition) is 0. The number of nitrogens with zero attached hydrogens (tertiary/aromatic N) is 3. The highest BCUT2D eigenvalue weighted by molar-refractivity contribution is 5.93. The zero-order chi connectivity index (χ0) is 16.5. The van der Waals surface area contributed by atoms with E-state index >= 15 is 0 Å². The highest BCUT2D eigenvalue weighted by atomic mass is 16.2. The predicted molar refractivity (Wildman–Crippen MR) is 94.5 cm³/mol. The maximum Gasteiger partial charge on any atom is 0.272 e. The smallest absolute Gasteiger partial charge is 0.272 e. The van der Waals surface area contributed by atoms with E-state index in [1.165, 1.54) is 19.3 Å². The fourth-order valence-corrected chi connectivity index (χ4v) is 3.52. The van der Waals surface area contributed by atoms with Crippen LogP contribution < -0.4 is 0 Å². The Morgan fingerprint density at radius 2 is 1.88 bits per heavy atom. The number of benzene rings is 1. The summed E-state index contributed by atoms with van der Waals surface area (Å²) in [4.78, 5) is 15.2. The minimum Gasteiger partial charge on any atom is -0.337 e. The zero-order valence-electron chi connectivity index (χ0n) is 14.3. The van der Waals surface area contributed by atoms with Gasteiger partial charge in [-0.05, 0) is 56.2 Å². The number of amides is 1. The number of para-hydroxylation sites is 1. The lowest BCUT2D eigenvalue weighted by molar-refractivity contribution is 0.0751. The Morgan fingerprint density at radius 3 is 2.62 bits per heavy atom. The second-order valence-corrected chi connectivity index (χ2v) is 7.30. The molecule has 1 aliphatic heterocycles. The molecule has 1 saturated carbocycles. The van der Waals surface area contributed by atoms with E-state index in [-0.39, 0.29) is 5.91 Å². The van der Waals surface area contributed by atoms with Crippen molar-refractivity contribution >= 4 is 5.91 Å². The number of hydrogen-bond acceptors (Lipinski definition) is 2. The summed E-state index contributed by atoms with van der Waals surface area (Å²) in [5.74, 6) is 1.39. The topological polar surface area (TPSA) is 38.1 Å². The fraction of sp³-hybridized carbons (Fsp3) is 0.500. The Bertz CT molecular complexity index is 718. The third-order valence-electron chi connectivity index (χ3n) is 5.25. The molecule has 4 rings (SSSR count). The van der Waals surface area contributed by atoms with Crippen LogP contribution >= 0.6 is 0 Å². The highest BCUT2D eigenvalue weighted by Gasteiger charge is 2.30. The van der Waals surface area contributed by atoms with Gasteiger partial charge in [0.15, 0.2) is 0 Å². The van der Waals surface area contributed by atoms with Gasteiger partial charge >= 0.3 is 0 Å². The molecule has 2 fully saturated rings. The molecular formula is C20H25N3O. The Kier molecular flexibility index (Phi) is 4.13.